The number of esters is 1. The Kier molecular flexibility index (Phi) is 6.07. The van der Waals surface area contributed by atoms with E-state index in [1.807, 2.05) is 19.1 Å². The topological polar surface area (TPSA) is 44.1 Å². The van der Waals surface area contributed by atoms with Gasteiger partial charge in [-0.25, -0.2) is 9.48 Å². The normalized spacial score (nSPS) is 11.0. The summed E-state index contributed by atoms with van der Waals surface area (Å²) in [7, 11) is 0. The van der Waals surface area contributed by atoms with Crippen LogP contribution in [0.1, 0.15) is 29.9 Å². The number of hydrogen-bond acceptors (Lipinski definition) is 4. The number of thiophene rings is 1. The molecule has 0 aliphatic carbocycles. The van der Waals surface area contributed by atoms with Crippen LogP contribution in [0.4, 0.5) is 0 Å². The van der Waals surface area contributed by atoms with Gasteiger partial charge in [-0.15, -0.1) is 11.3 Å². The molecule has 8 heteroatoms. The molecule has 0 aliphatic rings. The van der Waals surface area contributed by atoms with Crippen molar-refractivity contribution in [3.63, 3.8) is 0 Å². The van der Waals surface area contributed by atoms with Crippen molar-refractivity contribution in [2.45, 2.75) is 20.3 Å². The largest absolute Gasteiger partial charge is 0.461 e. The van der Waals surface area contributed by atoms with Crippen LogP contribution in [-0.4, -0.2) is 22.4 Å². The maximum Gasteiger partial charge on any atom is 0.359 e. The molecule has 0 fully saturated rings. The molecule has 4 nitrogen and oxygen atoms in total. The Hall–Kier alpha value is -1.34. The van der Waals surface area contributed by atoms with Crippen molar-refractivity contribution in [1.82, 2.24) is 9.78 Å². The molecule has 0 aliphatic heterocycles. The van der Waals surface area contributed by atoms with E-state index in [-0.39, 0.29) is 6.61 Å². The van der Waals surface area contributed by atoms with Gasteiger partial charge in [-0.3, -0.25) is 0 Å². The average Bonchev–Trinajstić information content (AvgIpc) is 3.18. The van der Waals surface area contributed by atoms with Crippen molar-refractivity contribution in [1.29, 1.82) is 0 Å². The lowest BCUT2D eigenvalue weighted by Crippen LogP contribution is -2.08. The van der Waals surface area contributed by atoms with Gasteiger partial charge in [0.2, 0.25) is 0 Å². The van der Waals surface area contributed by atoms with Gasteiger partial charge in [-0.2, -0.15) is 5.10 Å². The highest BCUT2D eigenvalue weighted by atomic mass is 79.9. The third-order valence-electron chi connectivity index (χ3n) is 3.75. The summed E-state index contributed by atoms with van der Waals surface area (Å²) >= 11 is 17.5. The van der Waals surface area contributed by atoms with E-state index in [4.69, 9.17) is 27.9 Å². The lowest BCUT2D eigenvalue weighted by Gasteiger charge is -2.09. The molecule has 3 aromatic rings. The van der Waals surface area contributed by atoms with Crippen molar-refractivity contribution in [2.24, 2.45) is 0 Å². The lowest BCUT2D eigenvalue weighted by molar-refractivity contribution is 0.0517. The molecule has 0 atom stereocenters. The summed E-state index contributed by atoms with van der Waals surface area (Å²) in [6, 6.07) is 9.14. The minimum Gasteiger partial charge on any atom is -0.461 e. The first-order valence-electron chi connectivity index (χ1n) is 7.96. The van der Waals surface area contributed by atoms with Crippen LogP contribution in [0, 0.1) is 0 Å². The molecule has 26 heavy (non-hydrogen) atoms. The predicted octanol–water partition coefficient (Wildman–Crippen LogP) is 6.41. The Bertz CT molecular complexity index is 968. The predicted molar refractivity (Wildman–Crippen MR) is 110 cm³/mol. The summed E-state index contributed by atoms with van der Waals surface area (Å²) in [5.74, 6) is -0.440. The molecule has 136 valence electrons. The maximum atomic E-state index is 12.4. The number of carbonyl (C=O) groups is 1. The van der Waals surface area contributed by atoms with Gasteiger partial charge >= 0.3 is 5.97 Å². The molecule has 0 amide bonds. The Morgan fingerprint density at radius 3 is 2.62 bits per heavy atom. The van der Waals surface area contributed by atoms with Gasteiger partial charge in [0.1, 0.15) is 0 Å². The van der Waals surface area contributed by atoms with E-state index >= 15 is 0 Å². The lowest BCUT2D eigenvalue weighted by atomic mass is 10.1. The Morgan fingerprint density at radius 1 is 1.27 bits per heavy atom. The maximum absolute atomic E-state index is 12.4. The fourth-order valence-electron chi connectivity index (χ4n) is 2.67. The van der Waals surface area contributed by atoms with E-state index in [0.717, 1.165) is 19.9 Å². The van der Waals surface area contributed by atoms with E-state index in [1.54, 1.807) is 41.1 Å². The molecule has 3 rings (SSSR count). The number of ether oxygens (including phenoxy) is 1. The van der Waals surface area contributed by atoms with E-state index in [0.29, 0.717) is 27.8 Å². The number of benzene rings is 1. The molecular formula is C18H15BrCl2N2O2S. The number of aromatic nitrogens is 2. The molecule has 2 aromatic heterocycles. The quantitative estimate of drug-likeness (QED) is 0.402. The molecule has 0 N–H and O–H groups in total. The van der Waals surface area contributed by atoms with Crippen molar-refractivity contribution < 1.29 is 9.53 Å². The number of nitrogens with zero attached hydrogens (tertiary/aromatic N) is 2. The minimum absolute atomic E-state index is 0.288. The van der Waals surface area contributed by atoms with Gasteiger partial charge < -0.3 is 4.74 Å². The van der Waals surface area contributed by atoms with Crippen LogP contribution in [0.3, 0.4) is 0 Å². The van der Waals surface area contributed by atoms with Crippen molar-refractivity contribution >= 4 is 56.4 Å². The van der Waals surface area contributed by atoms with Gasteiger partial charge in [0.15, 0.2) is 5.69 Å². The fraction of sp³-hybridized carbons (Fsp3) is 0.222. The van der Waals surface area contributed by atoms with Crippen molar-refractivity contribution in [3.8, 4) is 16.3 Å². The van der Waals surface area contributed by atoms with E-state index in [1.165, 1.54) is 0 Å². The van der Waals surface area contributed by atoms with Crippen LogP contribution >= 0.6 is 50.5 Å². The zero-order chi connectivity index (χ0) is 18.8. The zero-order valence-electron chi connectivity index (χ0n) is 14.1. The number of rotatable bonds is 5. The second-order valence-corrected chi connectivity index (χ2v) is 8.67. The summed E-state index contributed by atoms with van der Waals surface area (Å²) in [4.78, 5) is 13.4. The van der Waals surface area contributed by atoms with Crippen molar-refractivity contribution in [3.05, 3.63) is 55.4 Å². The minimum atomic E-state index is -0.440. The summed E-state index contributed by atoms with van der Waals surface area (Å²) in [5.41, 5.74) is 2.61. The van der Waals surface area contributed by atoms with Crippen LogP contribution < -0.4 is 0 Å². The first-order chi connectivity index (χ1) is 12.5. The van der Waals surface area contributed by atoms with Crippen molar-refractivity contribution in [2.75, 3.05) is 6.61 Å². The third-order valence-corrected chi connectivity index (χ3v) is 5.92. The van der Waals surface area contributed by atoms with E-state index < -0.39 is 5.97 Å². The van der Waals surface area contributed by atoms with Gasteiger partial charge in [-0.05, 0) is 59.6 Å². The van der Waals surface area contributed by atoms with Gasteiger partial charge in [0, 0.05) is 10.6 Å². The molecule has 0 radical (unpaired) electrons. The van der Waals surface area contributed by atoms with Gasteiger partial charge in [0.25, 0.3) is 0 Å². The number of halogens is 3. The van der Waals surface area contributed by atoms with E-state index in [2.05, 4.69) is 21.0 Å². The highest BCUT2D eigenvalue weighted by Crippen LogP contribution is 2.38. The zero-order valence-corrected chi connectivity index (χ0v) is 18.0. The van der Waals surface area contributed by atoms with Gasteiger partial charge in [-0.1, -0.05) is 30.1 Å². The second kappa shape index (κ2) is 8.13. The third kappa shape index (κ3) is 3.69. The molecular weight excluding hydrogens is 459 g/mol. The summed E-state index contributed by atoms with van der Waals surface area (Å²) < 4.78 is 7.87. The molecule has 0 spiro atoms. The molecule has 0 bridgehead atoms. The SMILES string of the molecule is CCOC(=O)c1nn(-c2ccc(Cl)cc2Cl)c(-c2ccc(Br)s2)c1CC. The highest BCUT2D eigenvalue weighted by Gasteiger charge is 2.26. The number of hydrogen-bond donors (Lipinski definition) is 0. The van der Waals surface area contributed by atoms with Crippen LogP contribution in [0.2, 0.25) is 10.0 Å². The monoisotopic (exact) mass is 472 g/mol. The van der Waals surface area contributed by atoms with Crippen LogP contribution in [0.15, 0.2) is 34.1 Å². The smallest absolute Gasteiger partial charge is 0.359 e. The number of carbonyl (C=O) groups excluding carboxylic acids is 1. The molecule has 0 saturated heterocycles. The van der Waals surface area contributed by atoms with Crippen LogP contribution in [0.25, 0.3) is 16.3 Å². The Labute approximate surface area is 173 Å². The Balaban J connectivity index is 2.29. The average molecular weight is 474 g/mol. The van der Waals surface area contributed by atoms with Gasteiger partial charge in [0.05, 0.1) is 31.7 Å². The molecule has 0 unspecified atom stereocenters. The highest BCUT2D eigenvalue weighted by molar-refractivity contribution is 9.11. The standard InChI is InChI=1S/C18H15BrCl2N2O2S/c1-3-11-16(18(24)25-4-2)22-23(13-6-5-10(20)9-12(13)21)17(11)14-7-8-15(19)26-14/h5-9H,3-4H2,1-2H3. The Morgan fingerprint density at radius 2 is 2.04 bits per heavy atom. The summed E-state index contributed by atoms with van der Waals surface area (Å²) in [5, 5.41) is 5.54. The summed E-state index contributed by atoms with van der Waals surface area (Å²) in [6.45, 7) is 4.05. The molecule has 2 heterocycles. The molecule has 1 aromatic carbocycles. The molecule has 0 saturated carbocycles. The fourth-order valence-corrected chi connectivity index (χ4v) is 4.60. The van der Waals surface area contributed by atoms with E-state index in [9.17, 15) is 4.79 Å². The van der Waals surface area contributed by atoms with Crippen LogP contribution in [-0.2, 0) is 11.2 Å². The second-order valence-electron chi connectivity index (χ2n) is 5.36. The van der Waals surface area contributed by atoms with Crippen LogP contribution in [0.5, 0.6) is 0 Å². The first-order valence-corrected chi connectivity index (χ1v) is 10.3. The summed E-state index contributed by atoms with van der Waals surface area (Å²) in [6.07, 6.45) is 0.629. The first kappa shape index (κ1) is 19.4.